The Morgan fingerprint density at radius 2 is 2.06 bits per heavy atom. The molecule has 3 N–H and O–H groups in total. The van der Waals surface area contributed by atoms with Crippen molar-refractivity contribution in [2.75, 3.05) is 6.61 Å². The van der Waals surface area contributed by atoms with Gasteiger partial charge in [-0.05, 0) is 24.6 Å². The van der Waals surface area contributed by atoms with Gasteiger partial charge in [-0.25, -0.2) is 14.0 Å². The van der Waals surface area contributed by atoms with Crippen LogP contribution in [0.2, 0.25) is 0 Å². The van der Waals surface area contributed by atoms with Crippen LogP contribution in [0.25, 0.3) is 0 Å². The van der Waals surface area contributed by atoms with Gasteiger partial charge in [0.25, 0.3) is 0 Å². The molecule has 1 aromatic rings. The lowest BCUT2D eigenvalue weighted by atomic mass is 10.0. The summed E-state index contributed by atoms with van der Waals surface area (Å²) in [6, 6.07) is 1.48. The number of aromatic hydroxyl groups is 1. The van der Waals surface area contributed by atoms with E-state index in [1.54, 1.807) is 0 Å². The molecule has 98 valence electrons. The number of halogens is 1. The van der Waals surface area contributed by atoms with Gasteiger partial charge in [-0.15, -0.1) is 0 Å². The minimum Gasteiger partial charge on any atom is -0.504 e. The van der Waals surface area contributed by atoms with E-state index in [9.17, 15) is 19.1 Å². The van der Waals surface area contributed by atoms with Crippen molar-refractivity contribution < 1.29 is 34.0 Å². The predicted molar refractivity (Wildman–Crippen MR) is 56.6 cm³/mol. The van der Waals surface area contributed by atoms with Gasteiger partial charge in [0.05, 0.1) is 6.61 Å². The molecule has 0 amide bonds. The number of hydrogen-bond donors (Lipinski definition) is 3. The number of ether oxygens (including phenoxy) is 1. The summed E-state index contributed by atoms with van der Waals surface area (Å²) in [5.41, 5.74) is -1.05. The van der Waals surface area contributed by atoms with Crippen LogP contribution in [0.1, 0.15) is 28.9 Å². The molecule has 18 heavy (non-hydrogen) atoms. The summed E-state index contributed by atoms with van der Waals surface area (Å²) in [7, 11) is 0. The van der Waals surface area contributed by atoms with Crippen LogP contribution in [0.3, 0.4) is 0 Å². The number of carboxylic acid groups (broad SMARTS) is 1. The zero-order valence-electron chi connectivity index (χ0n) is 9.38. The molecule has 0 aliphatic rings. The minimum absolute atomic E-state index is 0.0161. The van der Waals surface area contributed by atoms with Gasteiger partial charge in [-0.3, -0.25) is 0 Å². The van der Waals surface area contributed by atoms with Crippen LogP contribution in [0.5, 0.6) is 5.75 Å². The van der Waals surface area contributed by atoms with Crippen LogP contribution >= 0.6 is 0 Å². The van der Waals surface area contributed by atoms with Crippen LogP contribution in [0.4, 0.5) is 4.39 Å². The van der Waals surface area contributed by atoms with Crippen molar-refractivity contribution in [3.63, 3.8) is 0 Å². The Balaban J connectivity index is 3.18. The van der Waals surface area contributed by atoms with E-state index in [1.807, 2.05) is 0 Å². The van der Waals surface area contributed by atoms with Crippen molar-refractivity contribution >= 4 is 11.9 Å². The number of aliphatic hydroxyl groups is 1. The van der Waals surface area contributed by atoms with Crippen molar-refractivity contribution in [2.45, 2.75) is 13.0 Å². The Hall–Kier alpha value is -2.15. The summed E-state index contributed by atoms with van der Waals surface area (Å²) in [4.78, 5) is 21.9. The molecule has 0 bridgehead atoms. The van der Waals surface area contributed by atoms with Crippen molar-refractivity contribution in [3.05, 3.63) is 29.1 Å². The monoisotopic (exact) mass is 258 g/mol. The average Bonchev–Trinajstić information content (AvgIpc) is 2.31. The molecule has 0 spiro atoms. The Kier molecular flexibility index (Phi) is 4.22. The SMILES string of the molecule is CCOC(=O)C(O)c1cc(F)c(O)c(C(=O)O)c1. The smallest absolute Gasteiger partial charge is 0.339 e. The molecule has 0 radical (unpaired) electrons. The molecular weight excluding hydrogens is 247 g/mol. The largest absolute Gasteiger partial charge is 0.504 e. The molecular formula is C11H11FO6. The highest BCUT2D eigenvalue weighted by Gasteiger charge is 2.23. The van der Waals surface area contributed by atoms with E-state index in [0.29, 0.717) is 6.07 Å². The first-order valence-electron chi connectivity index (χ1n) is 4.98. The Bertz CT molecular complexity index is 485. The van der Waals surface area contributed by atoms with Gasteiger partial charge in [-0.2, -0.15) is 0 Å². The number of aromatic carboxylic acids is 1. The third-order valence-corrected chi connectivity index (χ3v) is 2.14. The second kappa shape index (κ2) is 5.46. The third kappa shape index (κ3) is 2.75. The Morgan fingerprint density at radius 1 is 1.44 bits per heavy atom. The molecule has 6 nitrogen and oxygen atoms in total. The number of carboxylic acids is 1. The lowest BCUT2D eigenvalue weighted by molar-refractivity contribution is -0.153. The molecule has 1 rings (SSSR count). The maximum absolute atomic E-state index is 13.2. The van der Waals surface area contributed by atoms with Gasteiger partial charge in [0.1, 0.15) is 5.56 Å². The van der Waals surface area contributed by atoms with Crippen LogP contribution < -0.4 is 0 Å². The number of rotatable bonds is 4. The number of carbonyl (C=O) groups is 2. The molecule has 0 aromatic heterocycles. The highest BCUT2D eigenvalue weighted by atomic mass is 19.1. The van der Waals surface area contributed by atoms with E-state index >= 15 is 0 Å². The number of aliphatic hydroxyl groups excluding tert-OH is 1. The standard InChI is InChI=1S/C11H11FO6/c1-2-18-11(17)8(13)5-3-6(10(15)16)9(14)7(12)4-5/h3-4,8,13-14H,2H2,1H3,(H,15,16). The van der Waals surface area contributed by atoms with Crippen LogP contribution in [-0.2, 0) is 9.53 Å². The van der Waals surface area contributed by atoms with Gasteiger partial charge in [-0.1, -0.05) is 0 Å². The van der Waals surface area contributed by atoms with Crippen molar-refractivity contribution in [1.29, 1.82) is 0 Å². The second-order valence-corrected chi connectivity index (χ2v) is 3.36. The van der Waals surface area contributed by atoms with Crippen molar-refractivity contribution in [3.8, 4) is 5.75 Å². The van der Waals surface area contributed by atoms with Gasteiger partial charge in [0.15, 0.2) is 17.7 Å². The molecule has 0 saturated heterocycles. The van der Waals surface area contributed by atoms with E-state index in [1.165, 1.54) is 6.92 Å². The normalized spacial score (nSPS) is 11.9. The summed E-state index contributed by atoms with van der Waals surface area (Å²) in [5, 5.41) is 27.4. The summed E-state index contributed by atoms with van der Waals surface area (Å²) in [6.45, 7) is 1.53. The van der Waals surface area contributed by atoms with Crippen LogP contribution in [0, 0.1) is 5.82 Å². The number of phenols is 1. The highest BCUT2D eigenvalue weighted by molar-refractivity contribution is 5.91. The first kappa shape index (κ1) is 13.9. The lowest BCUT2D eigenvalue weighted by Gasteiger charge is -2.11. The fourth-order valence-corrected chi connectivity index (χ4v) is 1.30. The van der Waals surface area contributed by atoms with Crippen molar-refractivity contribution in [2.24, 2.45) is 0 Å². The molecule has 1 atom stereocenters. The first-order valence-corrected chi connectivity index (χ1v) is 4.98. The van der Waals surface area contributed by atoms with E-state index in [0.717, 1.165) is 6.07 Å². The van der Waals surface area contributed by atoms with Crippen LogP contribution in [0.15, 0.2) is 12.1 Å². The van der Waals surface area contributed by atoms with Gasteiger partial charge < -0.3 is 20.1 Å². The molecule has 0 aliphatic carbocycles. The lowest BCUT2D eigenvalue weighted by Crippen LogP contribution is -2.16. The molecule has 1 aromatic carbocycles. The zero-order valence-corrected chi connectivity index (χ0v) is 9.38. The van der Waals surface area contributed by atoms with Crippen molar-refractivity contribution in [1.82, 2.24) is 0 Å². The van der Waals surface area contributed by atoms with Gasteiger partial charge in [0.2, 0.25) is 0 Å². The molecule has 1 unspecified atom stereocenters. The molecule has 0 saturated carbocycles. The topological polar surface area (TPSA) is 104 Å². The fourth-order valence-electron chi connectivity index (χ4n) is 1.30. The maximum atomic E-state index is 13.2. The quantitative estimate of drug-likeness (QED) is 0.691. The predicted octanol–water partition coefficient (Wildman–Crippen LogP) is 0.826. The molecule has 0 fully saturated rings. The number of esters is 1. The number of benzene rings is 1. The van der Waals surface area contributed by atoms with E-state index in [-0.39, 0.29) is 12.2 Å². The molecule has 0 heterocycles. The van der Waals surface area contributed by atoms with Gasteiger partial charge in [0, 0.05) is 0 Å². The second-order valence-electron chi connectivity index (χ2n) is 3.36. The van der Waals surface area contributed by atoms with E-state index < -0.39 is 35.2 Å². The first-order chi connectivity index (χ1) is 8.38. The zero-order chi connectivity index (χ0) is 13.9. The maximum Gasteiger partial charge on any atom is 0.339 e. The number of hydrogen-bond acceptors (Lipinski definition) is 5. The van der Waals surface area contributed by atoms with Crippen LogP contribution in [-0.4, -0.2) is 33.9 Å². The fraction of sp³-hybridized carbons (Fsp3) is 0.273. The average molecular weight is 258 g/mol. The van der Waals surface area contributed by atoms with E-state index in [2.05, 4.69) is 4.74 Å². The highest BCUT2D eigenvalue weighted by Crippen LogP contribution is 2.26. The van der Waals surface area contributed by atoms with E-state index in [4.69, 9.17) is 10.2 Å². The molecule has 0 aliphatic heterocycles. The van der Waals surface area contributed by atoms with Gasteiger partial charge >= 0.3 is 11.9 Å². The Morgan fingerprint density at radius 3 is 2.56 bits per heavy atom. The summed E-state index contributed by atoms with van der Waals surface area (Å²) >= 11 is 0. The summed E-state index contributed by atoms with van der Waals surface area (Å²) in [6.07, 6.45) is -1.81. The third-order valence-electron chi connectivity index (χ3n) is 2.14. The summed E-state index contributed by atoms with van der Waals surface area (Å²) in [5.74, 6) is -4.90. The Labute approximate surface area is 101 Å². The molecule has 7 heteroatoms. The number of carbonyl (C=O) groups excluding carboxylic acids is 1. The summed E-state index contributed by atoms with van der Waals surface area (Å²) < 4.78 is 17.7. The minimum atomic E-state index is -1.81.